The third kappa shape index (κ3) is 2.55. The number of hydrogen-bond donors (Lipinski definition) is 2. The summed E-state index contributed by atoms with van der Waals surface area (Å²) in [7, 11) is 0. The van der Waals surface area contributed by atoms with Gasteiger partial charge in [0.05, 0.1) is 12.2 Å². The SMILES string of the molecule is CC[C@@H](O)[C@H](C)[C@H](O)c1ccc2ccccc2c1. The number of aliphatic hydroxyl groups is 2. The Morgan fingerprint density at radius 2 is 1.67 bits per heavy atom. The van der Waals surface area contributed by atoms with Gasteiger partial charge in [-0.3, -0.25) is 0 Å². The van der Waals surface area contributed by atoms with Crippen molar-refractivity contribution >= 4 is 10.8 Å². The molecule has 0 saturated carbocycles. The molecule has 0 unspecified atom stereocenters. The Hall–Kier alpha value is -1.38. The molecule has 2 N–H and O–H groups in total. The number of rotatable bonds is 4. The number of aliphatic hydroxyl groups excluding tert-OH is 2. The van der Waals surface area contributed by atoms with Crippen molar-refractivity contribution in [3.63, 3.8) is 0 Å². The highest BCUT2D eigenvalue weighted by Crippen LogP contribution is 2.28. The monoisotopic (exact) mass is 244 g/mol. The first-order valence-electron chi connectivity index (χ1n) is 6.48. The van der Waals surface area contributed by atoms with E-state index in [9.17, 15) is 10.2 Å². The van der Waals surface area contributed by atoms with Gasteiger partial charge >= 0.3 is 0 Å². The van der Waals surface area contributed by atoms with Gasteiger partial charge < -0.3 is 10.2 Å². The van der Waals surface area contributed by atoms with E-state index in [-0.39, 0.29) is 5.92 Å². The Morgan fingerprint density at radius 3 is 2.33 bits per heavy atom. The molecule has 2 rings (SSSR count). The van der Waals surface area contributed by atoms with Crippen molar-refractivity contribution in [1.29, 1.82) is 0 Å². The quantitative estimate of drug-likeness (QED) is 0.866. The van der Waals surface area contributed by atoms with Gasteiger partial charge in [0.15, 0.2) is 0 Å². The maximum absolute atomic E-state index is 10.3. The lowest BCUT2D eigenvalue weighted by Crippen LogP contribution is -2.23. The summed E-state index contributed by atoms with van der Waals surface area (Å²) in [4.78, 5) is 0. The Bertz CT molecular complexity index is 521. The second-order valence-corrected chi connectivity index (χ2v) is 4.89. The second kappa shape index (κ2) is 5.51. The van der Waals surface area contributed by atoms with E-state index in [0.29, 0.717) is 6.42 Å². The molecule has 2 heteroatoms. The van der Waals surface area contributed by atoms with E-state index in [1.54, 1.807) is 0 Å². The molecule has 2 aromatic carbocycles. The predicted octanol–water partition coefficient (Wildman–Crippen LogP) is 3.28. The van der Waals surface area contributed by atoms with Crippen LogP contribution in [-0.4, -0.2) is 16.3 Å². The van der Waals surface area contributed by atoms with Gasteiger partial charge in [-0.2, -0.15) is 0 Å². The van der Waals surface area contributed by atoms with Crippen LogP contribution in [0, 0.1) is 5.92 Å². The second-order valence-electron chi connectivity index (χ2n) is 4.89. The van der Waals surface area contributed by atoms with Crippen LogP contribution in [-0.2, 0) is 0 Å². The molecule has 0 bridgehead atoms. The normalized spacial score (nSPS) is 16.4. The number of benzene rings is 2. The van der Waals surface area contributed by atoms with Gasteiger partial charge in [0.25, 0.3) is 0 Å². The molecule has 0 aliphatic carbocycles. The smallest absolute Gasteiger partial charge is 0.0840 e. The van der Waals surface area contributed by atoms with Crippen LogP contribution in [0.2, 0.25) is 0 Å². The minimum Gasteiger partial charge on any atom is -0.393 e. The van der Waals surface area contributed by atoms with E-state index in [1.165, 1.54) is 0 Å². The molecule has 0 aliphatic heterocycles. The van der Waals surface area contributed by atoms with Gasteiger partial charge in [-0.25, -0.2) is 0 Å². The molecule has 0 fully saturated rings. The zero-order chi connectivity index (χ0) is 13.1. The molecule has 0 spiro atoms. The fourth-order valence-corrected chi connectivity index (χ4v) is 2.28. The molecule has 3 atom stereocenters. The average molecular weight is 244 g/mol. The number of hydrogen-bond acceptors (Lipinski definition) is 2. The highest BCUT2D eigenvalue weighted by atomic mass is 16.3. The molecule has 0 saturated heterocycles. The van der Waals surface area contributed by atoms with E-state index in [2.05, 4.69) is 6.07 Å². The van der Waals surface area contributed by atoms with Crippen LogP contribution in [0.3, 0.4) is 0 Å². The van der Waals surface area contributed by atoms with E-state index in [0.717, 1.165) is 16.3 Å². The standard InChI is InChI=1S/C16H20O2/c1-3-15(17)11(2)16(18)14-9-8-12-6-4-5-7-13(12)10-14/h4-11,15-18H,3H2,1-2H3/t11-,15+,16-/m0/s1. The van der Waals surface area contributed by atoms with Crippen molar-refractivity contribution in [2.75, 3.05) is 0 Å². The highest BCUT2D eigenvalue weighted by Gasteiger charge is 2.22. The van der Waals surface area contributed by atoms with E-state index < -0.39 is 12.2 Å². The van der Waals surface area contributed by atoms with Crippen LogP contribution in [0.4, 0.5) is 0 Å². The molecular formula is C16H20O2. The lowest BCUT2D eigenvalue weighted by atomic mass is 9.90. The van der Waals surface area contributed by atoms with Gasteiger partial charge in [0.1, 0.15) is 0 Å². The Kier molecular flexibility index (Phi) is 4.00. The van der Waals surface area contributed by atoms with Crippen LogP contribution in [0.15, 0.2) is 42.5 Å². The molecule has 0 heterocycles. The predicted molar refractivity (Wildman–Crippen MR) is 74.4 cm³/mol. The van der Waals surface area contributed by atoms with Gasteiger partial charge in [-0.15, -0.1) is 0 Å². The molecule has 2 nitrogen and oxygen atoms in total. The van der Waals surface area contributed by atoms with E-state index in [1.807, 2.05) is 50.2 Å². The molecule has 0 amide bonds. The Morgan fingerprint density at radius 1 is 1.00 bits per heavy atom. The fraction of sp³-hybridized carbons (Fsp3) is 0.375. The van der Waals surface area contributed by atoms with Crippen molar-refractivity contribution in [1.82, 2.24) is 0 Å². The van der Waals surface area contributed by atoms with Gasteiger partial charge in [-0.05, 0) is 28.8 Å². The Labute approximate surface area is 108 Å². The van der Waals surface area contributed by atoms with Gasteiger partial charge in [0.2, 0.25) is 0 Å². The van der Waals surface area contributed by atoms with E-state index >= 15 is 0 Å². The lowest BCUT2D eigenvalue weighted by Gasteiger charge is -2.23. The highest BCUT2D eigenvalue weighted by molar-refractivity contribution is 5.83. The summed E-state index contributed by atoms with van der Waals surface area (Å²) >= 11 is 0. The first kappa shape index (κ1) is 13.1. The molecule has 0 aromatic heterocycles. The summed E-state index contributed by atoms with van der Waals surface area (Å²) in [6.45, 7) is 3.81. The molecule has 18 heavy (non-hydrogen) atoms. The van der Waals surface area contributed by atoms with Crippen molar-refractivity contribution in [3.05, 3.63) is 48.0 Å². The lowest BCUT2D eigenvalue weighted by molar-refractivity contribution is 0.0193. The largest absolute Gasteiger partial charge is 0.393 e. The van der Waals surface area contributed by atoms with Crippen LogP contribution < -0.4 is 0 Å². The summed E-state index contributed by atoms with van der Waals surface area (Å²) in [6, 6.07) is 14.0. The summed E-state index contributed by atoms with van der Waals surface area (Å²) < 4.78 is 0. The summed E-state index contributed by atoms with van der Waals surface area (Å²) in [5.74, 6) is -0.156. The fourth-order valence-electron chi connectivity index (χ4n) is 2.28. The van der Waals surface area contributed by atoms with Gasteiger partial charge in [0, 0.05) is 5.92 Å². The summed E-state index contributed by atoms with van der Waals surface area (Å²) in [5, 5.41) is 22.4. The zero-order valence-electron chi connectivity index (χ0n) is 10.9. The molecule has 0 radical (unpaired) electrons. The minimum absolute atomic E-state index is 0.156. The van der Waals surface area contributed by atoms with Crippen molar-refractivity contribution in [2.24, 2.45) is 5.92 Å². The maximum Gasteiger partial charge on any atom is 0.0840 e. The van der Waals surface area contributed by atoms with Crippen molar-refractivity contribution in [3.8, 4) is 0 Å². The van der Waals surface area contributed by atoms with Crippen LogP contribution in [0.1, 0.15) is 31.9 Å². The Balaban J connectivity index is 2.30. The summed E-state index contributed by atoms with van der Waals surface area (Å²) in [5.41, 5.74) is 0.869. The van der Waals surface area contributed by atoms with Crippen molar-refractivity contribution in [2.45, 2.75) is 32.5 Å². The molecule has 0 aliphatic rings. The first-order valence-corrected chi connectivity index (χ1v) is 6.48. The van der Waals surface area contributed by atoms with Crippen LogP contribution in [0.5, 0.6) is 0 Å². The van der Waals surface area contributed by atoms with Gasteiger partial charge in [-0.1, -0.05) is 50.2 Å². The molecular weight excluding hydrogens is 224 g/mol. The van der Waals surface area contributed by atoms with Crippen LogP contribution >= 0.6 is 0 Å². The average Bonchev–Trinajstić information content (AvgIpc) is 2.44. The zero-order valence-corrected chi connectivity index (χ0v) is 10.9. The van der Waals surface area contributed by atoms with E-state index in [4.69, 9.17) is 0 Å². The summed E-state index contributed by atoms with van der Waals surface area (Å²) in [6.07, 6.45) is -0.428. The third-order valence-electron chi connectivity index (χ3n) is 3.64. The minimum atomic E-state index is -0.621. The molecule has 2 aromatic rings. The number of fused-ring (bicyclic) bond motifs is 1. The first-order chi connectivity index (χ1) is 8.63. The van der Waals surface area contributed by atoms with Crippen molar-refractivity contribution < 1.29 is 10.2 Å². The topological polar surface area (TPSA) is 40.5 Å². The maximum atomic E-state index is 10.3. The third-order valence-corrected chi connectivity index (χ3v) is 3.64. The van der Waals surface area contributed by atoms with Crippen LogP contribution in [0.25, 0.3) is 10.8 Å². The molecule has 96 valence electrons.